The molecule has 1 heterocycles. The molecule has 19 heavy (non-hydrogen) atoms. The summed E-state index contributed by atoms with van der Waals surface area (Å²) >= 11 is 3.01. The first-order valence-corrected chi connectivity index (χ1v) is 6.73. The Balaban J connectivity index is 2.25. The van der Waals surface area contributed by atoms with E-state index in [1.165, 1.54) is 6.20 Å². The number of halogens is 4. The monoisotopic (exact) mass is 338 g/mol. The minimum absolute atomic E-state index is 0.0634. The van der Waals surface area contributed by atoms with E-state index in [1.54, 1.807) is 7.11 Å². The van der Waals surface area contributed by atoms with Crippen LogP contribution in [0.1, 0.15) is 24.8 Å². The van der Waals surface area contributed by atoms with E-state index in [2.05, 4.69) is 26.2 Å². The van der Waals surface area contributed by atoms with Crippen LogP contribution in [-0.4, -0.2) is 24.2 Å². The normalized spacial score (nSPS) is 23.6. The van der Waals surface area contributed by atoms with Crippen LogP contribution in [0, 0.1) is 0 Å². The quantitative estimate of drug-likeness (QED) is 0.909. The molecule has 0 spiro atoms. The lowest BCUT2D eigenvalue weighted by atomic mass is 10.2. The summed E-state index contributed by atoms with van der Waals surface area (Å²) in [5.74, 6) is -0.135. The van der Waals surface area contributed by atoms with Gasteiger partial charge in [0, 0.05) is 17.8 Å². The van der Waals surface area contributed by atoms with Gasteiger partial charge in [0.1, 0.15) is 5.82 Å². The molecular formula is C12H14BrF3N2O. The molecule has 2 atom stereocenters. The maximum absolute atomic E-state index is 12.9. The largest absolute Gasteiger partial charge is 0.419 e. The van der Waals surface area contributed by atoms with E-state index in [9.17, 15) is 13.2 Å². The van der Waals surface area contributed by atoms with Crippen LogP contribution in [0.5, 0.6) is 0 Å². The summed E-state index contributed by atoms with van der Waals surface area (Å²) in [5, 5.41) is 2.87. The second-order valence-electron chi connectivity index (χ2n) is 4.50. The van der Waals surface area contributed by atoms with Crippen LogP contribution < -0.4 is 5.32 Å². The topological polar surface area (TPSA) is 34.1 Å². The molecule has 3 nitrogen and oxygen atoms in total. The van der Waals surface area contributed by atoms with E-state index in [1.807, 2.05) is 0 Å². The summed E-state index contributed by atoms with van der Waals surface area (Å²) in [6.45, 7) is 0. The van der Waals surface area contributed by atoms with Crippen molar-refractivity contribution in [1.82, 2.24) is 4.98 Å². The van der Waals surface area contributed by atoms with E-state index in [0.29, 0.717) is 4.47 Å². The smallest absolute Gasteiger partial charge is 0.379 e. The van der Waals surface area contributed by atoms with Gasteiger partial charge in [-0.1, -0.05) is 0 Å². The third-order valence-electron chi connectivity index (χ3n) is 3.24. The van der Waals surface area contributed by atoms with Crippen LogP contribution in [0.3, 0.4) is 0 Å². The maximum atomic E-state index is 12.9. The molecule has 0 amide bonds. The van der Waals surface area contributed by atoms with Gasteiger partial charge >= 0.3 is 6.18 Å². The zero-order valence-electron chi connectivity index (χ0n) is 10.3. The Morgan fingerprint density at radius 2 is 2.16 bits per heavy atom. The fourth-order valence-electron chi connectivity index (χ4n) is 2.32. The number of nitrogens with one attached hydrogen (secondary N) is 1. The molecule has 1 aliphatic carbocycles. The second-order valence-corrected chi connectivity index (χ2v) is 5.42. The van der Waals surface area contributed by atoms with Crippen molar-refractivity contribution in [2.45, 2.75) is 37.6 Å². The molecule has 0 aromatic carbocycles. The van der Waals surface area contributed by atoms with Gasteiger partial charge in [-0.3, -0.25) is 0 Å². The zero-order chi connectivity index (χ0) is 14.0. The standard InChI is InChI=1S/C12H14BrF3N2O/c1-19-10-4-2-3-9(10)18-11-8(12(14,15)16)5-7(13)6-17-11/h5-6,9-10H,2-4H2,1H3,(H,17,18). The van der Waals surface area contributed by atoms with Crippen molar-refractivity contribution >= 4 is 21.7 Å². The molecule has 0 bridgehead atoms. The number of hydrogen-bond donors (Lipinski definition) is 1. The summed E-state index contributed by atoms with van der Waals surface area (Å²) < 4.78 is 44.4. The van der Waals surface area contributed by atoms with Crippen LogP contribution in [0.25, 0.3) is 0 Å². The van der Waals surface area contributed by atoms with Gasteiger partial charge in [-0.2, -0.15) is 13.2 Å². The van der Waals surface area contributed by atoms with Crippen LogP contribution in [0.15, 0.2) is 16.7 Å². The van der Waals surface area contributed by atoms with Gasteiger partial charge in [-0.15, -0.1) is 0 Å². The third-order valence-corrected chi connectivity index (χ3v) is 3.67. The molecule has 0 aliphatic heterocycles. The Labute approximate surface area is 117 Å². The molecule has 1 aromatic heterocycles. The molecule has 1 aromatic rings. The van der Waals surface area contributed by atoms with Crippen LogP contribution in [0.2, 0.25) is 0 Å². The number of aromatic nitrogens is 1. The van der Waals surface area contributed by atoms with Crippen molar-refractivity contribution in [2.24, 2.45) is 0 Å². The summed E-state index contributed by atoms with van der Waals surface area (Å²) in [4.78, 5) is 3.84. The fourth-order valence-corrected chi connectivity index (χ4v) is 2.65. The highest BCUT2D eigenvalue weighted by Gasteiger charge is 2.36. The highest BCUT2D eigenvalue weighted by atomic mass is 79.9. The summed E-state index contributed by atoms with van der Waals surface area (Å²) in [6, 6.07) is 0.909. The average molecular weight is 339 g/mol. The van der Waals surface area contributed by atoms with Crippen molar-refractivity contribution in [3.63, 3.8) is 0 Å². The first kappa shape index (κ1) is 14.6. The van der Waals surface area contributed by atoms with E-state index in [4.69, 9.17) is 4.74 Å². The van der Waals surface area contributed by atoms with Gasteiger partial charge in [0.2, 0.25) is 0 Å². The summed E-state index contributed by atoms with van der Waals surface area (Å²) in [7, 11) is 1.57. The fraction of sp³-hybridized carbons (Fsp3) is 0.583. The lowest BCUT2D eigenvalue weighted by molar-refractivity contribution is -0.137. The molecule has 1 fully saturated rings. The third kappa shape index (κ3) is 3.39. The molecule has 1 N–H and O–H groups in total. The Bertz CT molecular complexity index is 453. The Morgan fingerprint density at radius 3 is 2.79 bits per heavy atom. The molecule has 0 radical (unpaired) electrons. The molecule has 2 rings (SSSR count). The van der Waals surface area contributed by atoms with Gasteiger partial charge in [0.25, 0.3) is 0 Å². The zero-order valence-corrected chi connectivity index (χ0v) is 11.9. The first-order chi connectivity index (χ1) is 8.91. The molecule has 7 heteroatoms. The second kappa shape index (κ2) is 5.66. The Kier molecular flexibility index (Phi) is 4.35. The molecule has 1 aliphatic rings. The van der Waals surface area contributed by atoms with Gasteiger partial charge in [-0.05, 0) is 41.3 Å². The molecule has 1 saturated carbocycles. The molecule has 0 saturated heterocycles. The molecule has 2 unspecified atom stereocenters. The molecule has 106 valence electrons. The number of methoxy groups -OCH3 is 1. The number of pyridine rings is 1. The van der Waals surface area contributed by atoms with Crippen LogP contribution in [0.4, 0.5) is 19.0 Å². The SMILES string of the molecule is COC1CCCC1Nc1ncc(Br)cc1C(F)(F)F. The lowest BCUT2D eigenvalue weighted by Crippen LogP contribution is -2.31. The summed E-state index contributed by atoms with van der Waals surface area (Å²) in [5.41, 5.74) is -0.761. The van der Waals surface area contributed by atoms with Crippen molar-refractivity contribution in [3.05, 3.63) is 22.3 Å². The minimum Gasteiger partial charge on any atom is -0.379 e. The number of anilines is 1. The van der Waals surface area contributed by atoms with Crippen molar-refractivity contribution in [1.29, 1.82) is 0 Å². The van der Waals surface area contributed by atoms with E-state index in [-0.39, 0.29) is 18.0 Å². The predicted octanol–water partition coefficient (Wildman–Crippen LogP) is 3.84. The van der Waals surface area contributed by atoms with Crippen molar-refractivity contribution in [2.75, 3.05) is 12.4 Å². The number of ether oxygens (including phenoxy) is 1. The van der Waals surface area contributed by atoms with E-state index < -0.39 is 11.7 Å². The van der Waals surface area contributed by atoms with E-state index in [0.717, 1.165) is 25.3 Å². The van der Waals surface area contributed by atoms with Gasteiger partial charge in [0.05, 0.1) is 17.7 Å². The Hall–Kier alpha value is -0.820. The van der Waals surface area contributed by atoms with Gasteiger partial charge < -0.3 is 10.1 Å². The maximum Gasteiger partial charge on any atom is 0.419 e. The first-order valence-electron chi connectivity index (χ1n) is 5.94. The number of alkyl halides is 3. The number of hydrogen-bond acceptors (Lipinski definition) is 3. The predicted molar refractivity (Wildman–Crippen MR) is 69.0 cm³/mol. The van der Waals surface area contributed by atoms with Crippen molar-refractivity contribution in [3.8, 4) is 0 Å². The number of rotatable bonds is 3. The summed E-state index contributed by atoms with van der Waals surface area (Å²) in [6.07, 6.45) is -0.561. The highest BCUT2D eigenvalue weighted by molar-refractivity contribution is 9.10. The minimum atomic E-state index is -4.43. The van der Waals surface area contributed by atoms with Crippen LogP contribution in [-0.2, 0) is 10.9 Å². The number of nitrogens with zero attached hydrogens (tertiary/aromatic N) is 1. The van der Waals surface area contributed by atoms with Crippen molar-refractivity contribution < 1.29 is 17.9 Å². The highest BCUT2D eigenvalue weighted by Crippen LogP contribution is 2.36. The van der Waals surface area contributed by atoms with Crippen LogP contribution >= 0.6 is 15.9 Å². The van der Waals surface area contributed by atoms with Gasteiger partial charge in [-0.25, -0.2) is 4.98 Å². The van der Waals surface area contributed by atoms with Gasteiger partial charge in [0.15, 0.2) is 0 Å². The average Bonchev–Trinajstić information content (AvgIpc) is 2.77. The lowest BCUT2D eigenvalue weighted by Gasteiger charge is -2.22. The molecular weight excluding hydrogens is 325 g/mol. The Morgan fingerprint density at radius 1 is 1.42 bits per heavy atom. The van der Waals surface area contributed by atoms with E-state index >= 15 is 0 Å².